The van der Waals surface area contributed by atoms with Crippen LogP contribution in [0.25, 0.3) is 0 Å². The van der Waals surface area contributed by atoms with Crippen molar-refractivity contribution in [2.24, 2.45) is 5.92 Å². The van der Waals surface area contributed by atoms with Gasteiger partial charge in [0.15, 0.2) is 0 Å². The van der Waals surface area contributed by atoms with Gasteiger partial charge in [-0.15, -0.1) is 0 Å². The molecule has 2 aliphatic rings. The van der Waals surface area contributed by atoms with Gasteiger partial charge in [-0.2, -0.15) is 0 Å². The van der Waals surface area contributed by atoms with Crippen molar-refractivity contribution in [2.75, 3.05) is 31.1 Å². The Bertz CT molecular complexity index is 618. The zero-order chi connectivity index (χ0) is 17.3. The molecule has 2 unspecified atom stereocenters. The van der Waals surface area contributed by atoms with Crippen molar-refractivity contribution in [3.05, 3.63) is 21.6 Å². The van der Waals surface area contributed by atoms with E-state index in [1.165, 1.54) is 6.42 Å². The summed E-state index contributed by atoms with van der Waals surface area (Å²) >= 11 is 0. The fraction of sp³-hybridized carbons (Fsp3) is 0.778. The van der Waals surface area contributed by atoms with Gasteiger partial charge in [-0.1, -0.05) is 13.8 Å². The van der Waals surface area contributed by atoms with Gasteiger partial charge in [-0.05, 0) is 39.2 Å². The zero-order valence-corrected chi connectivity index (χ0v) is 15.3. The Kier molecular flexibility index (Phi) is 5.25. The first-order valence-corrected chi connectivity index (χ1v) is 9.17. The van der Waals surface area contributed by atoms with Crippen LogP contribution in [0.3, 0.4) is 0 Å². The topological polar surface area (TPSA) is 61.5 Å². The van der Waals surface area contributed by atoms with E-state index in [9.17, 15) is 4.79 Å². The first-order valence-electron chi connectivity index (χ1n) is 9.17. The van der Waals surface area contributed by atoms with Crippen LogP contribution in [-0.2, 0) is 17.7 Å². The van der Waals surface area contributed by atoms with E-state index in [-0.39, 0.29) is 17.8 Å². The first-order chi connectivity index (χ1) is 11.4. The highest BCUT2D eigenvalue weighted by molar-refractivity contribution is 5.35. The maximum atomic E-state index is 12.5. The maximum Gasteiger partial charge on any atom is 0.255 e. The number of aromatic amines is 1. The molecule has 3 heterocycles. The van der Waals surface area contributed by atoms with Gasteiger partial charge in [0.2, 0.25) is 5.95 Å². The highest BCUT2D eigenvalue weighted by Gasteiger charge is 2.26. The smallest absolute Gasteiger partial charge is 0.255 e. The Balaban J connectivity index is 1.78. The average Bonchev–Trinajstić information content (AvgIpc) is 2.51. The minimum absolute atomic E-state index is 0.0327. The van der Waals surface area contributed by atoms with Crippen LogP contribution in [0.4, 0.5) is 5.95 Å². The first kappa shape index (κ1) is 17.4. The summed E-state index contributed by atoms with van der Waals surface area (Å²) in [7, 11) is 0. The molecule has 1 fully saturated rings. The molecule has 2 aliphatic heterocycles. The number of nitrogens with zero attached hydrogens (tertiary/aromatic N) is 3. The van der Waals surface area contributed by atoms with Crippen molar-refractivity contribution in [1.29, 1.82) is 0 Å². The third-order valence-corrected chi connectivity index (χ3v) is 4.88. The summed E-state index contributed by atoms with van der Waals surface area (Å²) in [5, 5.41) is 0. The normalized spacial score (nSPS) is 25.1. The van der Waals surface area contributed by atoms with E-state index in [0.29, 0.717) is 11.9 Å². The molecule has 0 amide bonds. The largest absolute Gasteiger partial charge is 0.372 e. The second kappa shape index (κ2) is 7.23. The number of aromatic nitrogens is 2. The summed E-state index contributed by atoms with van der Waals surface area (Å²) in [6.07, 6.45) is 2.28. The predicted octanol–water partition coefficient (Wildman–Crippen LogP) is 1.79. The van der Waals surface area contributed by atoms with E-state index in [2.05, 4.69) is 42.5 Å². The van der Waals surface area contributed by atoms with Crippen LogP contribution >= 0.6 is 0 Å². The molecule has 1 saturated heterocycles. The molecule has 6 nitrogen and oxygen atoms in total. The lowest BCUT2D eigenvalue weighted by molar-refractivity contribution is -0.00576. The summed E-state index contributed by atoms with van der Waals surface area (Å²) in [5.74, 6) is 1.40. The highest BCUT2D eigenvalue weighted by atomic mass is 16.5. The summed E-state index contributed by atoms with van der Waals surface area (Å²) in [6, 6.07) is 0. The van der Waals surface area contributed by atoms with Gasteiger partial charge in [-0.25, -0.2) is 4.98 Å². The van der Waals surface area contributed by atoms with Gasteiger partial charge in [-0.3, -0.25) is 14.7 Å². The molecule has 24 heavy (non-hydrogen) atoms. The number of ether oxygens (including phenoxy) is 1. The lowest BCUT2D eigenvalue weighted by Gasteiger charge is -2.36. The molecule has 1 aromatic heterocycles. The number of morpholine rings is 1. The van der Waals surface area contributed by atoms with E-state index in [0.717, 1.165) is 50.4 Å². The molecular formula is C18H30N4O2. The molecule has 0 saturated carbocycles. The zero-order valence-electron chi connectivity index (χ0n) is 15.3. The number of fused-ring (bicyclic) bond motifs is 1. The number of hydrogen-bond acceptors (Lipinski definition) is 5. The van der Waals surface area contributed by atoms with Crippen LogP contribution < -0.4 is 10.5 Å². The van der Waals surface area contributed by atoms with Crippen LogP contribution in [0.5, 0.6) is 0 Å². The van der Waals surface area contributed by atoms with Crippen LogP contribution in [0.1, 0.15) is 45.4 Å². The molecular weight excluding hydrogens is 304 g/mol. The van der Waals surface area contributed by atoms with E-state index < -0.39 is 0 Å². The number of anilines is 1. The fourth-order valence-corrected chi connectivity index (χ4v) is 3.61. The van der Waals surface area contributed by atoms with Gasteiger partial charge in [0.25, 0.3) is 5.56 Å². The van der Waals surface area contributed by atoms with Crippen molar-refractivity contribution < 1.29 is 4.74 Å². The maximum absolute atomic E-state index is 12.5. The second-order valence-electron chi connectivity index (χ2n) is 7.69. The van der Waals surface area contributed by atoms with Crippen molar-refractivity contribution in [3.8, 4) is 0 Å². The second-order valence-corrected chi connectivity index (χ2v) is 7.69. The third-order valence-electron chi connectivity index (χ3n) is 4.88. The summed E-state index contributed by atoms with van der Waals surface area (Å²) in [5.41, 5.74) is 1.86. The highest BCUT2D eigenvalue weighted by Crippen LogP contribution is 2.20. The van der Waals surface area contributed by atoms with Gasteiger partial charge < -0.3 is 9.64 Å². The lowest BCUT2D eigenvalue weighted by atomic mass is 10.0. The standard InChI is InChI=1S/C18H30N4O2/c1-12(2)5-7-21-8-6-15-16(11-21)19-18(20-17(15)23)22-9-13(3)24-14(4)10-22/h12-14H,5-11H2,1-4H3,(H,19,20,23). The molecule has 0 bridgehead atoms. The molecule has 0 aliphatic carbocycles. The molecule has 3 rings (SSSR count). The van der Waals surface area contributed by atoms with Crippen LogP contribution in [0.15, 0.2) is 4.79 Å². The van der Waals surface area contributed by atoms with Gasteiger partial charge in [0.05, 0.1) is 17.9 Å². The monoisotopic (exact) mass is 334 g/mol. The molecule has 1 aromatic rings. The Morgan fingerprint density at radius 2 is 2.00 bits per heavy atom. The molecule has 2 atom stereocenters. The molecule has 0 aromatic carbocycles. The quantitative estimate of drug-likeness (QED) is 0.909. The number of nitrogens with one attached hydrogen (secondary N) is 1. The molecule has 6 heteroatoms. The van der Waals surface area contributed by atoms with E-state index in [1.807, 2.05) is 0 Å². The lowest BCUT2D eigenvalue weighted by Crippen LogP contribution is -2.47. The van der Waals surface area contributed by atoms with Crippen LogP contribution in [0.2, 0.25) is 0 Å². The van der Waals surface area contributed by atoms with Crippen LogP contribution in [-0.4, -0.2) is 53.3 Å². The number of hydrogen-bond donors (Lipinski definition) is 1. The molecule has 0 spiro atoms. The van der Waals surface area contributed by atoms with Crippen molar-refractivity contribution in [3.63, 3.8) is 0 Å². The molecule has 1 N–H and O–H groups in total. The Hall–Kier alpha value is -1.40. The van der Waals surface area contributed by atoms with Gasteiger partial charge in [0, 0.05) is 31.7 Å². The summed E-state index contributed by atoms with van der Waals surface area (Å²) < 4.78 is 5.78. The Morgan fingerprint density at radius 3 is 2.67 bits per heavy atom. The third kappa shape index (κ3) is 3.98. The van der Waals surface area contributed by atoms with Gasteiger partial charge >= 0.3 is 0 Å². The average molecular weight is 334 g/mol. The number of rotatable bonds is 4. The summed E-state index contributed by atoms with van der Waals surface area (Å²) in [4.78, 5) is 24.9. The van der Waals surface area contributed by atoms with Gasteiger partial charge in [0.1, 0.15) is 0 Å². The minimum atomic E-state index is 0.0327. The van der Waals surface area contributed by atoms with Crippen LogP contribution in [0, 0.1) is 5.92 Å². The van der Waals surface area contributed by atoms with E-state index in [4.69, 9.17) is 9.72 Å². The molecule has 0 radical (unpaired) electrons. The summed E-state index contributed by atoms with van der Waals surface area (Å²) in [6.45, 7) is 13.0. The van der Waals surface area contributed by atoms with E-state index in [1.54, 1.807) is 0 Å². The van der Waals surface area contributed by atoms with Crippen molar-refractivity contribution in [2.45, 2.75) is 59.3 Å². The Morgan fingerprint density at radius 1 is 1.29 bits per heavy atom. The number of H-pyrrole nitrogens is 1. The Labute approximate surface area is 144 Å². The van der Waals surface area contributed by atoms with Crippen molar-refractivity contribution in [1.82, 2.24) is 14.9 Å². The van der Waals surface area contributed by atoms with Crippen molar-refractivity contribution >= 4 is 5.95 Å². The predicted molar refractivity (Wildman–Crippen MR) is 95.5 cm³/mol. The van der Waals surface area contributed by atoms with E-state index >= 15 is 0 Å². The fourth-order valence-electron chi connectivity index (χ4n) is 3.61. The SMILES string of the molecule is CC(C)CCN1CCc2c(nc(N3CC(C)OC(C)C3)[nH]c2=O)C1. The minimum Gasteiger partial charge on any atom is -0.372 e. The molecule has 134 valence electrons.